The van der Waals surface area contributed by atoms with Crippen molar-refractivity contribution in [3.05, 3.63) is 64.1 Å². The van der Waals surface area contributed by atoms with E-state index in [-0.39, 0.29) is 11.6 Å². The van der Waals surface area contributed by atoms with Crippen molar-refractivity contribution in [2.24, 2.45) is 14.1 Å². The molecule has 0 aliphatic heterocycles. The minimum atomic E-state index is -0.161. The van der Waals surface area contributed by atoms with E-state index in [9.17, 15) is 9.59 Å². The second-order valence-electron chi connectivity index (χ2n) is 5.93. The number of carbonyl (C=O) groups excluding carboxylic acids is 1. The van der Waals surface area contributed by atoms with E-state index in [2.05, 4.69) is 5.32 Å². The molecule has 0 fully saturated rings. The van der Waals surface area contributed by atoms with Crippen LogP contribution in [-0.4, -0.2) is 28.7 Å². The fourth-order valence-corrected chi connectivity index (χ4v) is 2.96. The predicted octanol–water partition coefficient (Wildman–Crippen LogP) is 1.86. The molecule has 0 saturated heterocycles. The third kappa shape index (κ3) is 3.15. The van der Waals surface area contributed by atoms with Crippen LogP contribution in [-0.2, 0) is 20.5 Å². The molecule has 0 spiro atoms. The van der Waals surface area contributed by atoms with E-state index in [4.69, 9.17) is 4.74 Å². The molecule has 0 unspecified atom stereocenters. The maximum Gasteiger partial charge on any atom is 0.328 e. The molecule has 1 amide bonds. The van der Waals surface area contributed by atoms with Crippen LogP contribution in [0, 0.1) is 0 Å². The van der Waals surface area contributed by atoms with E-state index >= 15 is 0 Å². The molecule has 6 heteroatoms. The highest BCUT2D eigenvalue weighted by Gasteiger charge is 2.11. The molecule has 6 nitrogen and oxygen atoms in total. The number of nitrogens with zero attached hydrogens (tertiary/aromatic N) is 2. The van der Waals surface area contributed by atoms with Gasteiger partial charge in [0.15, 0.2) is 0 Å². The molecule has 25 heavy (non-hydrogen) atoms. The van der Waals surface area contributed by atoms with Crippen molar-refractivity contribution < 1.29 is 9.53 Å². The van der Waals surface area contributed by atoms with Crippen molar-refractivity contribution in [2.45, 2.75) is 6.42 Å². The van der Waals surface area contributed by atoms with E-state index in [1.807, 2.05) is 24.3 Å². The molecule has 3 aromatic rings. The summed E-state index contributed by atoms with van der Waals surface area (Å²) < 4.78 is 8.47. The largest absolute Gasteiger partial charge is 0.496 e. The Balaban J connectivity index is 1.70. The smallest absolute Gasteiger partial charge is 0.328 e. The van der Waals surface area contributed by atoms with Crippen molar-refractivity contribution in [3.8, 4) is 5.75 Å². The Morgan fingerprint density at radius 3 is 2.56 bits per heavy atom. The number of ether oxygens (including phenoxy) is 1. The predicted molar refractivity (Wildman–Crippen MR) is 97.2 cm³/mol. The van der Waals surface area contributed by atoms with Crippen LogP contribution >= 0.6 is 0 Å². The molecule has 130 valence electrons. The number of aromatic nitrogens is 2. The van der Waals surface area contributed by atoms with Gasteiger partial charge in [-0.15, -0.1) is 0 Å². The third-order valence-electron chi connectivity index (χ3n) is 4.39. The Hall–Kier alpha value is -3.02. The molecule has 2 aromatic carbocycles. The lowest BCUT2D eigenvalue weighted by Crippen LogP contribution is -2.26. The topological polar surface area (TPSA) is 65.3 Å². The Kier molecular flexibility index (Phi) is 4.61. The van der Waals surface area contributed by atoms with Crippen molar-refractivity contribution in [1.29, 1.82) is 0 Å². The lowest BCUT2D eigenvalue weighted by Gasteiger charge is -2.09. The van der Waals surface area contributed by atoms with E-state index in [1.165, 1.54) is 0 Å². The zero-order valence-electron chi connectivity index (χ0n) is 14.6. The van der Waals surface area contributed by atoms with Crippen LogP contribution in [0.4, 0.5) is 0 Å². The molecule has 1 N–H and O–H groups in total. The third-order valence-corrected chi connectivity index (χ3v) is 4.39. The van der Waals surface area contributed by atoms with Crippen molar-refractivity contribution in [3.63, 3.8) is 0 Å². The molecule has 1 heterocycles. The van der Waals surface area contributed by atoms with Crippen LogP contribution in [0.3, 0.4) is 0 Å². The molecule has 1 aromatic heterocycles. The normalized spacial score (nSPS) is 10.8. The van der Waals surface area contributed by atoms with Crippen LogP contribution in [0.5, 0.6) is 5.75 Å². The molecule has 0 aliphatic rings. The number of imidazole rings is 1. The lowest BCUT2D eigenvalue weighted by molar-refractivity contribution is 0.0951. The summed E-state index contributed by atoms with van der Waals surface area (Å²) in [6.45, 7) is 0.503. The van der Waals surface area contributed by atoms with Gasteiger partial charge < -0.3 is 10.1 Å². The average molecular weight is 339 g/mol. The van der Waals surface area contributed by atoms with Crippen molar-refractivity contribution >= 4 is 16.9 Å². The Morgan fingerprint density at radius 2 is 1.80 bits per heavy atom. The van der Waals surface area contributed by atoms with Gasteiger partial charge in [0, 0.05) is 20.6 Å². The quantitative estimate of drug-likeness (QED) is 0.772. The van der Waals surface area contributed by atoms with E-state index in [1.54, 1.807) is 48.5 Å². The number of amides is 1. The van der Waals surface area contributed by atoms with Crippen LogP contribution < -0.4 is 15.7 Å². The number of carbonyl (C=O) groups is 1. The Labute approximate surface area is 145 Å². The van der Waals surface area contributed by atoms with Gasteiger partial charge in [-0.25, -0.2) is 4.79 Å². The summed E-state index contributed by atoms with van der Waals surface area (Å²) in [5.74, 6) is 0.395. The van der Waals surface area contributed by atoms with Gasteiger partial charge in [0.2, 0.25) is 0 Å². The second kappa shape index (κ2) is 6.84. The van der Waals surface area contributed by atoms with Crippen LogP contribution in [0.25, 0.3) is 11.0 Å². The highest BCUT2D eigenvalue weighted by Crippen LogP contribution is 2.17. The van der Waals surface area contributed by atoms with Crippen molar-refractivity contribution in [2.75, 3.05) is 13.7 Å². The number of para-hydroxylation sites is 1. The first-order valence-corrected chi connectivity index (χ1v) is 8.08. The maximum absolute atomic E-state index is 12.3. The number of benzene rings is 2. The molecular formula is C19H21N3O3. The summed E-state index contributed by atoms with van der Waals surface area (Å²) in [6.07, 6.45) is 0.680. The number of methoxy groups -OCH3 is 1. The van der Waals surface area contributed by atoms with Gasteiger partial charge in [0.25, 0.3) is 5.91 Å². The van der Waals surface area contributed by atoms with E-state index < -0.39 is 0 Å². The van der Waals surface area contributed by atoms with Crippen molar-refractivity contribution in [1.82, 2.24) is 14.5 Å². The van der Waals surface area contributed by atoms with Gasteiger partial charge in [0.05, 0.1) is 23.7 Å². The summed E-state index contributed by atoms with van der Waals surface area (Å²) in [4.78, 5) is 24.3. The Bertz CT molecular complexity index is 985. The standard InChI is InChI=1S/C19H21N3O3/c1-21-15-9-8-13(12-16(15)22(2)19(21)24)10-11-20-18(23)14-6-4-5-7-17(14)25-3/h4-9,12H,10-11H2,1-3H3,(H,20,23). The first-order chi connectivity index (χ1) is 12.0. The molecule has 0 radical (unpaired) electrons. The van der Waals surface area contributed by atoms with Gasteiger partial charge in [-0.2, -0.15) is 0 Å². The minimum Gasteiger partial charge on any atom is -0.496 e. The van der Waals surface area contributed by atoms with Gasteiger partial charge in [-0.3, -0.25) is 13.9 Å². The molecule has 0 atom stereocenters. The number of rotatable bonds is 5. The minimum absolute atomic E-state index is 0.0448. The Morgan fingerprint density at radius 1 is 1.08 bits per heavy atom. The van der Waals surface area contributed by atoms with Crippen LogP contribution in [0.2, 0.25) is 0 Å². The zero-order chi connectivity index (χ0) is 18.0. The number of hydrogen-bond donors (Lipinski definition) is 1. The van der Waals surface area contributed by atoms with Crippen LogP contribution in [0.15, 0.2) is 47.3 Å². The van der Waals surface area contributed by atoms with Gasteiger partial charge in [-0.1, -0.05) is 18.2 Å². The fourth-order valence-electron chi connectivity index (χ4n) is 2.96. The summed E-state index contributed by atoms with van der Waals surface area (Å²) >= 11 is 0. The first kappa shape index (κ1) is 16.8. The number of aryl methyl sites for hydroxylation is 2. The van der Waals surface area contributed by atoms with Gasteiger partial charge in [0.1, 0.15) is 5.75 Å². The van der Waals surface area contributed by atoms with Gasteiger partial charge >= 0.3 is 5.69 Å². The SMILES string of the molecule is COc1ccccc1C(=O)NCCc1ccc2c(c1)n(C)c(=O)n2C. The van der Waals surface area contributed by atoms with Gasteiger partial charge in [-0.05, 0) is 36.2 Å². The molecular weight excluding hydrogens is 318 g/mol. The highest BCUT2D eigenvalue weighted by atomic mass is 16.5. The summed E-state index contributed by atoms with van der Waals surface area (Å²) in [5.41, 5.74) is 3.33. The average Bonchev–Trinajstić information content (AvgIpc) is 2.85. The highest BCUT2D eigenvalue weighted by molar-refractivity contribution is 5.96. The molecule has 0 aliphatic carbocycles. The van der Waals surface area contributed by atoms with E-state index in [0.717, 1.165) is 16.6 Å². The summed E-state index contributed by atoms with van der Waals surface area (Å²) in [7, 11) is 5.07. The molecule has 0 bridgehead atoms. The lowest BCUT2D eigenvalue weighted by atomic mass is 10.1. The molecule has 3 rings (SSSR count). The summed E-state index contributed by atoms with van der Waals surface area (Å²) in [6, 6.07) is 13.0. The second-order valence-corrected chi connectivity index (χ2v) is 5.93. The maximum atomic E-state index is 12.3. The number of hydrogen-bond acceptors (Lipinski definition) is 3. The van der Waals surface area contributed by atoms with Crippen LogP contribution in [0.1, 0.15) is 15.9 Å². The zero-order valence-corrected chi connectivity index (χ0v) is 14.6. The van der Waals surface area contributed by atoms with E-state index in [0.29, 0.717) is 24.3 Å². The monoisotopic (exact) mass is 339 g/mol. The number of fused-ring (bicyclic) bond motifs is 1. The molecule has 0 saturated carbocycles. The summed E-state index contributed by atoms with van der Waals surface area (Å²) in [5, 5.41) is 2.91. The fraction of sp³-hybridized carbons (Fsp3) is 0.263. The first-order valence-electron chi connectivity index (χ1n) is 8.08. The number of nitrogens with one attached hydrogen (secondary N) is 1.